The van der Waals surface area contributed by atoms with E-state index in [1.54, 1.807) is 12.1 Å². The Morgan fingerprint density at radius 2 is 1.51 bits per heavy atom. The van der Waals surface area contributed by atoms with Crippen LogP contribution in [-0.2, 0) is 35.3 Å². The molecule has 6 unspecified atom stereocenters. The minimum absolute atomic E-state index is 0.0217. The molecule has 1 saturated carbocycles. The van der Waals surface area contributed by atoms with Gasteiger partial charge >= 0.3 is 12.2 Å². The summed E-state index contributed by atoms with van der Waals surface area (Å²) in [6.45, 7) is -0.393. The second-order valence-corrected chi connectivity index (χ2v) is 8.95. The number of aliphatic hydroxyl groups is 1. The van der Waals surface area contributed by atoms with Crippen LogP contribution in [0.5, 0.6) is 0 Å². The van der Waals surface area contributed by atoms with Crippen molar-refractivity contribution in [2.45, 2.75) is 25.4 Å². The van der Waals surface area contributed by atoms with E-state index in [4.69, 9.17) is 4.42 Å². The third kappa shape index (κ3) is 3.09. The highest BCUT2D eigenvalue weighted by Crippen LogP contribution is 2.58. The summed E-state index contributed by atoms with van der Waals surface area (Å²) in [7, 11) is 2.12. The molecule has 0 bridgehead atoms. The van der Waals surface area contributed by atoms with Gasteiger partial charge in [-0.25, -0.2) is 9.59 Å². The molecule has 3 heterocycles. The quantitative estimate of drug-likeness (QED) is 0.470. The Morgan fingerprint density at radius 1 is 0.914 bits per heavy atom. The summed E-state index contributed by atoms with van der Waals surface area (Å²) in [6.07, 6.45) is -0.281. The molecule has 1 aromatic rings. The Morgan fingerprint density at radius 3 is 2.09 bits per heavy atom. The number of carbonyl (C=O) groups is 6. The van der Waals surface area contributed by atoms with E-state index in [0.717, 1.165) is 14.2 Å². The van der Waals surface area contributed by atoms with Crippen LogP contribution in [0.2, 0.25) is 0 Å². The maximum atomic E-state index is 13.3. The van der Waals surface area contributed by atoms with Crippen LogP contribution in [-0.4, -0.2) is 64.9 Å². The zero-order chi connectivity index (χ0) is 25.2. The van der Waals surface area contributed by atoms with Gasteiger partial charge in [0.25, 0.3) is 0 Å². The second-order valence-electron chi connectivity index (χ2n) is 8.95. The Labute approximate surface area is 198 Å². The first kappa shape index (κ1) is 23.0. The van der Waals surface area contributed by atoms with Crippen LogP contribution in [0.3, 0.4) is 0 Å². The molecule has 0 radical (unpaired) electrons. The molecule has 184 valence electrons. The van der Waals surface area contributed by atoms with E-state index in [0.29, 0.717) is 15.4 Å². The number of methoxy groups -OCH3 is 2. The van der Waals surface area contributed by atoms with Gasteiger partial charge in [-0.3, -0.25) is 19.2 Å². The molecule has 35 heavy (non-hydrogen) atoms. The molecule has 1 aromatic heterocycles. The first-order valence-corrected chi connectivity index (χ1v) is 11.1. The molecular formula is C23H22N2O10. The molecule has 12 heteroatoms. The molecule has 0 aromatic carbocycles. The molecule has 12 nitrogen and oxygen atoms in total. The van der Waals surface area contributed by atoms with Gasteiger partial charge in [-0.2, -0.15) is 9.80 Å². The number of amides is 6. The maximum absolute atomic E-state index is 13.3. The van der Waals surface area contributed by atoms with Gasteiger partial charge < -0.3 is 19.0 Å². The van der Waals surface area contributed by atoms with Gasteiger partial charge in [-0.15, -0.1) is 0 Å². The fourth-order valence-electron chi connectivity index (χ4n) is 6.09. The van der Waals surface area contributed by atoms with Crippen LogP contribution < -0.4 is 0 Å². The number of hydrogen-bond donors (Lipinski definition) is 1. The predicted octanol–water partition coefficient (Wildman–Crippen LogP) is 0.941. The summed E-state index contributed by atoms with van der Waals surface area (Å²) in [6, 6.07) is 3.10. The van der Waals surface area contributed by atoms with Crippen molar-refractivity contribution in [3.8, 4) is 0 Å². The highest BCUT2D eigenvalue weighted by Gasteiger charge is 2.64. The van der Waals surface area contributed by atoms with Crippen LogP contribution in [0.4, 0.5) is 9.59 Å². The number of ether oxygens (including phenoxy) is 2. The average molecular weight is 486 g/mol. The second kappa shape index (κ2) is 8.15. The number of imide groups is 6. The Hall–Kier alpha value is -3.80. The minimum Gasteiger partial charge on any atom is -0.463 e. The van der Waals surface area contributed by atoms with Gasteiger partial charge in [0.1, 0.15) is 18.1 Å². The number of aliphatic hydroxyl groups excluding tert-OH is 1. The van der Waals surface area contributed by atoms with E-state index in [1.807, 2.05) is 0 Å². The normalized spacial score (nSPS) is 31.7. The van der Waals surface area contributed by atoms with E-state index < -0.39 is 77.9 Å². The smallest absolute Gasteiger partial charge is 0.423 e. The number of likely N-dealkylation sites (tertiary alicyclic amines) is 2. The summed E-state index contributed by atoms with van der Waals surface area (Å²) < 4.78 is 15.0. The van der Waals surface area contributed by atoms with Crippen molar-refractivity contribution in [2.75, 3.05) is 14.2 Å². The van der Waals surface area contributed by atoms with Crippen LogP contribution in [0.15, 0.2) is 28.2 Å². The number of nitrogens with zero attached hydrogens (tertiary/aromatic N) is 2. The van der Waals surface area contributed by atoms with E-state index in [1.165, 1.54) is 6.07 Å². The summed E-state index contributed by atoms with van der Waals surface area (Å²) in [4.78, 5) is 78.0. The van der Waals surface area contributed by atoms with Crippen molar-refractivity contribution in [3.05, 3.63) is 35.3 Å². The number of hydrogen-bond acceptors (Lipinski definition) is 10. The average Bonchev–Trinajstić information content (AvgIpc) is 3.51. The summed E-state index contributed by atoms with van der Waals surface area (Å²) >= 11 is 0. The molecule has 0 spiro atoms. The Kier molecular flexibility index (Phi) is 5.35. The maximum Gasteiger partial charge on any atom is 0.423 e. The van der Waals surface area contributed by atoms with Crippen molar-refractivity contribution in [3.63, 3.8) is 0 Å². The van der Waals surface area contributed by atoms with Gasteiger partial charge in [0, 0.05) is 0 Å². The zero-order valence-corrected chi connectivity index (χ0v) is 18.8. The third-order valence-electron chi connectivity index (χ3n) is 7.51. The molecule has 2 saturated heterocycles. The van der Waals surface area contributed by atoms with E-state index in [2.05, 4.69) is 9.47 Å². The standard InChI is InChI=1S/C23H22N2O10/c1-33-22(31)24-18(27)11-5-4-10-12(15(11)20(24)29)7-13-17(16(10)14-6-3-9(8-26)35-14)21(30)25(19(13)28)23(32)34-2/h3-4,6,11-13,15-17,26H,5,7-8H2,1-2H3. The predicted molar refractivity (Wildman–Crippen MR) is 111 cm³/mol. The highest BCUT2D eigenvalue weighted by atomic mass is 16.5. The monoisotopic (exact) mass is 486 g/mol. The molecule has 6 amide bonds. The lowest BCUT2D eigenvalue weighted by atomic mass is 9.58. The summed E-state index contributed by atoms with van der Waals surface area (Å²) in [5.41, 5.74) is 0.618. The number of fused-ring (bicyclic) bond motifs is 4. The van der Waals surface area contributed by atoms with E-state index >= 15 is 0 Å². The lowest BCUT2D eigenvalue weighted by Crippen LogP contribution is -2.43. The van der Waals surface area contributed by atoms with Crippen molar-refractivity contribution in [2.24, 2.45) is 29.6 Å². The van der Waals surface area contributed by atoms with Crippen LogP contribution in [0.1, 0.15) is 30.3 Å². The van der Waals surface area contributed by atoms with Gasteiger partial charge in [-0.1, -0.05) is 11.6 Å². The number of allylic oxidation sites excluding steroid dienone is 2. The van der Waals surface area contributed by atoms with Gasteiger partial charge in [0.15, 0.2) is 0 Å². The summed E-state index contributed by atoms with van der Waals surface area (Å²) in [5.74, 6) is -7.60. The first-order chi connectivity index (χ1) is 16.7. The third-order valence-corrected chi connectivity index (χ3v) is 7.51. The SMILES string of the molecule is COC(=O)N1C(=O)C2CC=C3C(CC4C(=O)N(C(=O)OC)C(=O)C4C3c3ccc(CO)o3)C2C1=O. The van der Waals surface area contributed by atoms with Crippen molar-refractivity contribution >= 4 is 35.8 Å². The number of furan rings is 1. The van der Waals surface area contributed by atoms with Crippen LogP contribution in [0.25, 0.3) is 0 Å². The lowest BCUT2D eigenvalue weighted by Gasteiger charge is -2.42. The van der Waals surface area contributed by atoms with Crippen LogP contribution >= 0.6 is 0 Å². The molecule has 2 aliphatic carbocycles. The summed E-state index contributed by atoms with van der Waals surface area (Å²) in [5, 5.41) is 9.47. The van der Waals surface area contributed by atoms with Gasteiger partial charge in [0.05, 0.1) is 43.8 Å². The topological polar surface area (TPSA) is 161 Å². The zero-order valence-electron chi connectivity index (χ0n) is 18.8. The number of rotatable bonds is 2. The van der Waals surface area contributed by atoms with E-state index in [-0.39, 0.29) is 24.4 Å². The first-order valence-electron chi connectivity index (χ1n) is 11.1. The Balaban J connectivity index is 1.62. The fraction of sp³-hybridized carbons (Fsp3) is 0.478. The van der Waals surface area contributed by atoms with Crippen molar-refractivity contribution in [1.29, 1.82) is 0 Å². The molecule has 5 rings (SSSR count). The lowest BCUT2D eigenvalue weighted by molar-refractivity contribution is -0.139. The van der Waals surface area contributed by atoms with Crippen molar-refractivity contribution in [1.82, 2.24) is 9.80 Å². The van der Waals surface area contributed by atoms with E-state index in [9.17, 15) is 33.9 Å². The molecule has 4 aliphatic rings. The Bertz CT molecular complexity index is 1200. The van der Waals surface area contributed by atoms with Crippen molar-refractivity contribution < 1.29 is 47.8 Å². The molecule has 2 aliphatic heterocycles. The molecular weight excluding hydrogens is 464 g/mol. The number of carbonyl (C=O) groups excluding carboxylic acids is 6. The highest BCUT2D eigenvalue weighted by molar-refractivity contribution is 6.17. The molecule has 6 atom stereocenters. The van der Waals surface area contributed by atoms with Crippen LogP contribution in [0, 0.1) is 29.6 Å². The minimum atomic E-state index is -1.11. The van der Waals surface area contributed by atoms with Gasteiger partial charge in [-0.05, 0) is 30.9 Å². The molecule has 3 fully saturated rings. The van der Waals surface area contributed by atoms with Gasteiger partial charge in [0.2, 0.25) is 23.6 Å². The fourth-order valence-corrected chi connectivity index (χ4v) is 6.09. The molecule has 1 N–H and O–H groups in total. The largest absolute Gasteiger partial charge is 0.463 e.